The summed E-state index contributed by atoms with van der Waals surface area (Å²) in [6.07, 6.45) is 21.2. The number of carbonyl (C=O) groups is 2. The Morgan fingerprint density at radius 2 is 1.25 bits per heavy atom. The minimum atomic E-state index is -1.10. The van der Waals surface area contributed by atoms with Crippen molar-refractivity contribution in [1.29, 1.82) is 0 Å². The highest BCUT2D eigenvalue weighted by molar-refractivity contribution is 5.98. The Kier molecular flexibility index (Phi) is 18.1. The molecule has 0 fully saturated rings. The zero-order valence-corrected chi connectivity index (χ0v) is 24.6. The third-order valence-electron chi connectivity index (χ3n) is 7.10. The molecule has 0 aliphatic heterocycles. The van der Waals surface area contributed by atoms with E-state index >= 15 is 0 Å². The Balaban J connectivity index is 1.61. The van der Waals surface area contributed by atoms with Gasteiger partial charge in [0.15, 0.2) is 0 Å². The van der Waals surface area contributed by atoms with Crippen LogP contribution in [0, 0.1) is 0 Å². The van der Waals surface area contributed by atoms with Crippen LogP contribution in [0.3, 0.4) is 0 Å². The van der Waals surface area contributed by atoms with Crippen molar-refractivity contribution < 1.29 is 24.2 Å². The molecule has 2 aromatic carbocycles. The summed E-state index contributed by atoms with van der Waals surface area (Å²) >= 11 is 0. The molecule has 6 heteroatoms. The number of carboxylic acid groups (broad SMARTS) is 1. The van der Waals surface area contributed by atoms with Gasteiger partial charge in [0.25, 0.3) is 5.91 Å². The van der Waals surface area contributed by atoms with Gasteiger partial charge in [-0.05, 0) is 30.2 Å². The second-order valence-electron chi connectivity index (χ2n) is 10.7. The number of hydrogen-bond donors (Lipinski definition) is 2. The summed E-state index contributed by atoms with van der Waals surface area (Å²) < 4.78 is 11.8. The lowest BCUT2D eigenvalue weighted by Gasteiger charge is -2.14. The number of rotatable bonds is 24. The average Bonchev–Trinajstić information content (AvgIpc) is 2.97. The van der Waals surface area contributed by atoms with Crippen molar-refractivity contribution in [2.45, 2.75) is 116 Å². The highest BCUT2D eigenvalue weighted by Crippen LogP contribution is 2.26. The first kappa shape index (κ1) is 33.2. The maximum Gasteiger partial charge on any atom is 0.322 e. The SMILES string of the molecule is CCCCCCCCCCCCCCCCCCOc1ccc(OCc2ccccc2)c(C(=O)NCC(=O)O)c1. The fourth-order valence-electron chi connectivity index (χ4n) is 4.73. The number of benzene rings is 2. The van der Waals surface area contributed by atoms with E-state index in [1.807, 2.05) is 30.3 Å². The van der Waals surface area contributed by atoms with E-state index in [2.05, 4.69) is 12.2 Å². The molecule has 0 heterocycles. The van der Waals surface area contributed by atoms with Crippen molar-refractivity contribution in [3.63, 3.8) is 0 Å². The maximum absolute atomic E-state index is 12.7. The molecular formula is C34H51NO5. The molecule has 2 aromatic rings. The van der Waals surface area contributed by atoms with Gasteiger partial charge in [0.05, 0.1) is 12.2 Å². The van der Waals surface area contributed by atoms with Gasteiger partial charge < -0.3 is 19.9 Å². The zero-order valence-electron chi connectivity index (χ0n) is 24.6. The Bertz CT molecular complexity index is 947. The summed E-state index contributed by atoms with van der Waals surface area (Å²) in [4.78, 5) is 23.6. The largest absolute Gasteiger partial charge is 0.494 e. The molecule has 0 aliphatic carbocycles. The molecule has 0 unspecified atom stereocenters. The summed E-state index contributed by atoms with van der Waals surface area (Å²) in [5.74, 6) is -0.635. The second-order valence-corrected chi connectivity index (χ2v) is 10.7. The van der Waals surface area contributed by atoms with Gasteiger partial charge in [0.1, 0.15) is 24.7 Å². The number of aliphatic carboxylic acids is 1. The summed E-state index contributed by atoms with van der Waals surface area (Å²) in [6, 6.07) is 14.8. The molecule has 0 aromatic heterocycles. The van der Waals surface area contributed by atoms with Gasteiger partial charge in [-0.2, -0.15) is 0 Å². The molecule has 222 valence electrons. The standard InChI is InChI=1S/C34H51NO5/c1-2-3-4-5-6-7-8-9-10-11-12-13-14-15-16-20-25-39-30-23-24-32(40-28-29-21-18-17-19-22-29)31(26-30)34(38)35-27-33(36)37/h17-19,21-24,26H,2-16,20,25,27-28H2,1H3,(H,35,38)(H,36,37). The Labute approximate surface area is 241 Å². The van der Waals surface area contributed by atoms with Crippen LogP contribution in [0.2, 0.25) is 0 Å². The van der Waals surface area contributed by atoms with Crippen LogP contribution in [0.4, 0.5) is 0 Å². The smallest absolute Gasteiger partial charge is 0.322 e. The lowest BCUT2D eigenvalue weighted by atomic mass is 10.0. The topological polar surface area (TPSA) is 84.9 Å². The first-order chi connectivity index (χ1) is 19.6. The Morgan fingerprint density at radius 1 is 0.700 bits per heavy atom. The number of nitrogens with one attached hydrogen (secondary N) is 1. The number of ether oxygens (including phenoxy) is 2. The highest BCUT2D eigenvalue weighted by Gasteiger charge is 2.15. The number of carboxylic acids is 1. The molecule has 0 saturated heterocycles. The van der Waals surface area contributed by atoms with Gasteiger partial charge in [0, 0.05) is 0 Å². The van der Waals surface area contributed by atoms with Crippen molar-refractivity contribution >= 4 is 11.9 Å². The van der Waals surface area contributed by atoms with Gasteiger partial charge in [-0.1, -0.05) is 134 Å². The van der Waals surface area contributed by atoms with Crippen LogP contribution in [0.25, 0.3) is 0 Å². The minimum Gasteiger partial charge on any atom is -0.494 e. The summed E-state index contributed by atoms with van der Waals surface area (Å²) in [7, 11) is 0. The molecular weight excluding hydrogens is 502 g/mol. The van der Waals surface area contributed by atoms with Gasteiger partial charge >= 0.3 is 5.97 Å². The van der Waals surface area contributed by atoms with Crippen LogP contribution >= 0.6 is 0 Å². The van der Waals surface area contributed by atoms with E-state index in [4.69, 9.17) is 14.6 Å². The van der Waals surface area contributed by atoms with E-state index < -0.39 is 18.4 Å². The van der Waals surface area contributed by atoms with Crippen molar-refractivity contribution in [2.24, 2.45) is 0 Å². The summed E-state index contributed by atoms with van der Waals surface area (Å²) in [5, 5.41) is 11.3. The lowest BCUT2D eigenvalue weighted by Crippen LogP contribution is -2.29. The van der Waals surface area contributed by atoms with Crippen LogP contribution in [-0.4, -0.2) is 30.1 Å². The summed E-state index contributed by atoms with van der Waals surface area (Å²) in [6.45, 7) is 2.70. The normalized spacial score (nSPS) is 10.8. The van der Waals surface area contributed by atoms with Gasteiger partial charge in [-0.25, -0.2) is 0 Å². The number of amides is 1. The first-order valence-corrected chi connectivity index (χ1v) is 15.5. The van der Waals surface area contributed by atoms with Crippen LogP contribution < -0.4 is 14.8 Å². The molecule has 0 saturated carbocycles. The fourth-order valence-corrected chi connectivity index (χ4v) is 4.73. The molecule has 2 N–H and O–H groups in total. The van der Waals surface area contributed by atoms with Crippen LogP contribution in [0.1, 0.15) is 126 Å². The minimum absolute atomic E-state index is 0.265. The van der Waals surface area contributed by atoms with Crippen molar-refractivity contribution in [1.82, 2.24) is 5.32 Å². The Morgan fingerprint density at radius 3 is 1.80 bits per heavy atom. The monoisotopic (exact) mass is 553 g/mol. The molecule has 1 amide bonds. The Hall–Kier alpha value is -3.02. The first-order valence-electron chi connectivity index (χ1n) is 15.5. The summed E-state index contributed by atoms with van der Waals surface area (Å²) in [5.41, 5.74) is 1.24. The third-order valence-corrected chi connectivity index (χ3v) is 7.10. The molecule has 0 bridgehead atoms. The van der Waals surface area contributed by atoms with E-state index in [-0.39, 0.29) is 5.56 Å². The van der Waals surface area contributed by atoms with Crippen LogP contribution in [0.5, 0.6) is 11.5 Å². The lowest BCUT2D eigenvalue weighted by molar-refractivity contribution is -0.135. The number of carbonyl (C=O) groups excluding carboxylic acids is 1. The van der Waals surface area contributed by atoms with Crippen molar-refractivity contribution in [3.05, 3.63) is 59.7 Å². The van der Waals surface area contributed by atoms with E-state index in [0.29, 0.717) is 24.7 Å². The molecule has 0 aliphatic rings. The predicted molar refractivity (Wildman–Crippen MR) is 162 cm³/mol. The predicted octanol–water partition coefficient (Wildman–Crippen LogP) is 8.72. The molecule has 0 radical (unpaired) electrons. The van der Waals surface area contributed by atoms with Crippen LogP contribution in [0.15, 0.2) is 48.5 Å². The quantitative estimate of drug-likeness (QED) is 0.127. The molecule has 0 atom stereocenters. The molecule has 6 nitrogen and oxygen atoms in total. The highest BCUT2D eigenvalue weighted by atomic mass is 16.5. The molecule has 40 heavy (non-hydrogen) atoms. The van der Waals surface area contributed by atoms with E-state index in [0.717, 1.165) is 18.4 Å². The van der Waals surface area contributed by atoms with Gasteiger partial charge in [-0.3, -0.25) is 9.59 Å². The molecule has 2 rings (SSSR count). The number of hydrogen-bond acceptors (Lipinski definition) is 4. The van der Waals surface area contributed by atoms with E-state index in [9.17, 15) is 9.59 Å². The van der Waals surface area contributed by atoms with E-state index in [1.54, 1.807) is 18.2 Å². The maximum atomic E-state index is 12.7. The van der Waals surface area contributed by atoms with Crippen molar-refractivity contribution in [2.75, 3.05) is 13.2 Å². The van der Waals surface area contributed by atoms with E-state index in [1.165, 1.54) is 89.9 Å². The van der Waals surface area contributed by atoms with Crippen molar-refractivity contribution in [3.8, 4) is 11.5 Å². The van der Waals surface area contributed by atoms with Crippen LogP contribution in [-0.2, 0) is 11.4 Å². The zero-order chi connectivity index (χ0) is 28.7. The fraction of sp³-hybridized carbons (Fsp3) is 0.588. The average molecular weight is 554 g/mol. The van der Waals surface area contributed by atoms with Gasteiger partial charge in [0.2, 0.25) is 0 Å². The third kappa shape index (κ3) is 15.5. The second kappa shape index (κ2) is 21.8. The van der Waals surface area contributed by atoms with Gasteiger partial charge in [-0.15, -0.1) is 0 Å². The molecule has 0 spiro atoms. The number of unbranched alkanes of at least 4 members (excludes halogenated alkanes) is 15.